The van der Waals surface area contributed by atoms with Crippen molar-refractivity contribution in [2.24, 2.45) is 0 Å². The Morgan fingerprint density at radius 1 is 0.654 bits per heavy atom. The van der Waals surface area contributed by atoms with Crippen molar-refractivity contribution in [1.82, 2.24) is 0 Å². The van der Waals surface area contributed by atoms with Gasteiger partial charge in [0, 0.05) is 18.1 Å². The van der Waals surface area contributed by atoms with Crippen LogP contribution in [-0.4, -0.2) is 0 Å². The summed E-state index contributed by atoms with van der Waals surface area (Å²) < 4.78 is 2.33. The first-order valence-corrected chi connectivity index (χ1v) is 11.3. The normalized spacial score (nSPS) is 10.7. The van der Waals surface area contributed by atoms with Gasteiger partial charge < -0.3 is 24.0 Å². The third-order valence-corrected chi connectivity index (χ3v) is 5.28. The lowest BCUT2D eigenvalue weighted by Gasteiger charge is -2.03. The number of unbranched alkanes of at least 4 members (excludes halogenated alkanes) is 15. The van der Waals surface area contributed by atoms with Crippen LogP contribution in [0.25, 0.3) is 0 Å². The van der Waals surface area contributed by atoms with E-state index in [4.69, 9.17) is 0 Å². The highest BCUT2D eigenvalue weighted by atomic mass is 127. The minimum absolute atomic E-state index is 0. The molecule has 0 aliphatic heterocycles. The summed E-state index contributed by atoms with van der Waals surface area (Å²) in [6, 6.07) is 4.33. The Balaban J connectivity index is 0.00000625. The van der Waals surface area contributed by atoms with Gasteiger partial charge in [0.25, 0.3) is 0 Å². The van der Waals surface area contributed by atoms with E-state index in [-0.39, 0.29) is 24.0 Å². The van der Waals surface area contributed by atoms with Gasteiger partial charge in [0.05, 0.1) is 0 Å². The lowest BCUT2D eigenvalue weighted by Crippen LogP contribution is -3.00. The predicted octanol–water partition coefficient (Wildman–Crippen LogP) is 4.55. The highest BCUT2D eigenvalue weighted by Crippen LogP contribution is 2.13. The van der Waals surface area contributed by atoms with Gasteiger partial charge >= 0.3 is 0 Å². The van der Waals surface area contributed by atoms with E-state index in [1.54, 1.807) is 0 Å². The van der Waals surface area contributed by atoms with Crippen LogP contribution in [0.4, 0.5) is 0 Å². The van der Waals surface area contributed by atoms with Gasteiger partial charge in [-0.15, -0.1) is 0 Å². The van der Waals surface area contributed by atoms with Gasteiger partial charge in [0.1, 0.15) is 6.54 Å². The third-order valence-electron chi connectivity index (χ3n) is 5.28. The Labute approximate surface area is 181 Å². The lowest BCUT2D eigenvalue weighted by molar-refractivity contribution is -0.697. The van der Waals surface area contributed by atoms with E-state index in [0.29, 0.717) is 0 Å². The topological polar surface area (TPSA) is 3.88 Å². The van der Waals surface area contributed by atoms with E-state index in [1.165, 1.54) is 115 Å². The summed E-state index contributed by atoms with van der Waals surface area (Å²) in [5, 5.41) is 0. The molecule has 2 heteroatoms. The fraction of sp³-hybridized carbons (Fsp3) is 0.792. The van der Waals surface area contributed by atoms with E-state index in [1.807, 2.05) is 0 Å². The molecule has 1 aromatic heterocycles. The molecule has 0 N–H and O–H groups in total. The summed E-state index contributed by atoms with van der Waals surface area (Å²) in [6.07, 6.45) is 27.5. The molecule has 0 saturated carbocycles. The first kappa shape index (κ1) is 25.9. The smallest absolute Gasteiger partial charge is 0.171 e. The molecule has 0 radical (unpaired) electrons. The highest BCUT2D eigenvalue weighted by Gasteiger charge is 2.00. The van der Waals surface area contributed by atoms with Crippen LogP contribution >= 0.6 is 0 Å². The molecule has 152 valence electrons. The van der Waals surface area contributed by atoms with Crippen molar-refractivity contribution in [1.29, 1.82) is 0 Å². The lowest BCUT2D eigenvalue weighted by atomic mass is 10.0. The van der Waals surface area contributed by atoms with Crippen molar-refractivity contribution in [3.63, 3.8) is 0 Å². The van der Waals surface area contributed by atoms with E-state index in [0.717, 1.165) is 0 Å². The molecule has 1 heterocycles. The first-order chi connectivity index (χ1) is 12.3. The van der Waals surface area contributed by atoms with Crippen LogP contribution in [-0.2, 0) is 6.54 Å². The minimum atomic E-state index is 0. The van der Waals surface area contributed by atoms with Gasteiger partial charge in [-0.05, 0) is 19.4 Å². The van der Waals surface area contributed by atoms with Gasteiger partial charge in [0.2, 0.25) is 0 Å². The number of nitrogens with zero attached hydrogens (tertiary/aromatic N) is 1. The first-order valence-electron chi connectivity index (χ1n) is 11.3. The molecule has 0 aliphatic rings. The maximum absolute atomic E-state index is 2.33. The zero-order valence-corrected chi connectivity index (χ0v) is 19.8. The molecule has 0 unspecified atom stereocenters. The number of rotatable bonds is 17. The molecule has 0 aromatic carbocycles. The second-order valence-corrected chi connectivity index (χ2v) is 7.92. The van der Waals surface area contributed by atoms with Crippen LogP contribution in [0.5, 0.6) is 0 Å². The molecule has 1 nitrogen and oxygen atoms in total. The van der Waals surface area contributed by atoms with Crippen molar-refractivity contribution in [2.75, 3.05) is 0 Å². The van der Waals surface area contributed by atoms with Crippen molar-refractivity contribution in [3.05, 3.63) is 30.1 Å². The fourth-order valence-electron chi connectivity index (χ4n) is 3.63. The van der Waals surface area contributed by atoms with Crippen LogP contribution in [0, 0.1) is 6.92 Å². The monoisotopic (exact) mass is 473 g/mol. The SMILES string of the molecule is CCCCCCCCCCCCCCCCCC[n+]1cccc(C)c1.[I-]. The number of hydrogen-bond donors (Lipinski definition) is 0. The Kier molecular flexibility index (Phi) is 19.5. The summed E-state index contributed by atoms with van der Waals surface area (Å²) in [7, 11) is 0. The number of pyridine rings is 1. The van der Waals surface area contributed by atoms with Crippen molar-refractivity contribution >= 4 is 0 Å². The summed E-state index contributed by atoms with van der Waals surface area (Å²) in [5.41, 5.74) is 1.36. The highest BCUT2D eigenvalue weighted by molar-refractivity contribution is 5.01. The molecule has 0 spiro atoms. The third kappa shape index (κ3) is 16.1. The number of halogens is 1. The zero-order valence-electron chi connectivity index (χ0n) is 17.7. The van der Waals surface area contributed by atoms with Gasteiger partial charge in [-0.1, -0.05) is 96.8 Å². The van der Waals surface area contributed by atoms with E-state index in [2.05, 4.69) is 42.9 Å². The van der Waals surface area contributed by atoms with E-state index >= 15 is 0 Å². The largest absolute Gasteiger partial charge is 1.00 e. The second-order valence-electron chi connectivity index (χ2n) is 7.92. The Morgan fingerprint density at radius 3 is 1.50 bits per heavy atom. The van der Waals surface area contributed by atoms with Gasteiger partial charge in [-0.3, -0.25) is 0 Å². The average Bonchev–Trinajstić information content (AvgIpc) is 2.61. The van der Waals surface area contributed by atoms with Crippen molar-refractivity contribution in [3.8, 4) is 0 Å². The quantitative estimate of drug-likeness (QED) is 0.178. The molecule has 0 fully saturated rings. The van der Waals surface area contributed by atoms with Crippen molar-refractivity contribution in [2.45, 2.75) is 123 Å². The zero-order chi connectivity index (χ0) is 18.0. The van der Waals surface area contributed by atoms with Gasteiger partial charge in [-0.2, -0.15) is 0 Å². The minimum Gasteiger partial charge on any atom is -1.00 e. The number of aryl methyl sites for hydroxylation is 2. The molecule has 26 heavy (non-hydrogen) atoms. The Morgan fingerprint density at radius 2 is 1.08 bits per heavy atom. The van der Waals surface area contributed by atoms with E-state index in [9.17, 15) is 0 Å². The summed E-state index contributed by atoms with van der Waals surface area (Å²) in [4.78, 5) is 0. The Bertz CT molecular complexity index is 405. The maximum Gasteiger partial charge on any atom is 0.171 e. The van der Waals surface area contributed by atoms with Crippen LogP contribution in [0.15, 0.2) is 24.5 Å². The van der Waals surface area contributed by atoms with Crippen LogP contribution in [0.2, 0.25) is 0 Å². The van der Waals surface area contributed by atoms with Gasteiger partial charge in [-0.25, -0.2) is 4.57 Å². The number of aromatic nitrogens is 1. The summed E-state index contributed by atoms with van der Waals surface area (Å²) in [5.74, 6) is 0. The average molecular weight is 474 g/mol. The number of hydrogen-bond acceptors (Lipinski definition) is 0. The molecular formula is C24H44IN. The van der Waals surface area contributed by atoms with E-state index < -0.39 is 0 Å². The van der Waals surface area contributed by atoms with Crippen LogP contribution < -0.4 is 28.5 Å². The second kappa shape index (κ2) is 19.6. The van der Waals surface area contributed by atoms with Crippen molar-refractivity contribution < 1.29 is 28.5 Å². The fourth-order valence-corrected chi connectivity index (χ4v) is 3.63. The molecule has 1 rings (SSSR count). The molecule has 0 saturated heterocycles. The molecule has 0 aliphatic carbocycles. The molecule has 1 aromatic rings. The molecule has 0 amide bonds. The Hall–Kier alpha value is -0.120. The molecule has 0 atom stereocenters. The maximum atomic E-state index is 2.33. The predicted molar refractivity (Wildman–Crippen MR) is 111 cm³/mol. The standard InChI is InChI=1S/C24H44N.HI/c1-3-4-5-6-7-8-9-10-11-12-13-14-15-16-17-18-21-25-22-19-20-24(2)23-25;/h19-20,22-23H,3-18,21H2,1-2H3;1H/q+1;/p-1. The van der Waals surface area contributed by atoms with Crippen LogP contribution in [0.1, 0.15) is 115 Å². The summed E-state index contributed by atoms with van der Waals surface area (Å²) >= 11 is 0. The molecule has 0 bridgehead atoms. The molecular weight excluding hydrogens is 429 g/mol. The summed E-state index contributed by atoms with van der Waals surface area (Å²) in [6.45, 7) is 5.65. The van der Waals surface area contributed by atoms with Gasteiger partial charge in [0.15, 0.2) is 12.4 Å². The van der Waals surface area contributed by atoms with Crippen LogP contribution in [0.3, 0.4) is 0 Å².